The van der Waals surface area contributed by atoms with E-state index in [1.165, 1.54) is 12.1 Å². The van der Waals surface area contributed by atoms with Crippen LogP contribution in [-0.4, -0.2) is 16.5 Å². The highest BCUT2D eigenvalue weighted by atomic mass is 79.9. The summed E-state index contributed by atoms with van der Waals surface area (Å²) in [6.45, 7) is 2.75. The molecule has 2 rings (SSSR count). The Kier molecular flexibility index (Phi) is 4.52. The van der Waals surface area contributed by atoms with Crippen LogP contribution in [0.15, 0.2) is 41.1 Å². The molecule has 0 bridgehead atoms. The second-order valence-corrected chi connectivity index (χ2v) is 4.86. The molecule has 0 saturated carbocycles. The van der Waals surface area contributed by atoms with Crippen LogP contribution >= 0.6 is 15.9 Å². The van der Waals surface area contributed by atoms with E-state index in [1.807, 2.05) is 6.92 Å². The third kappa shape index (κ3) is 3.67. The van der Waals surface area contributed by atoms with Crippen LogP contribution in [0, 0.1) is 10.1 Å². The molecule has 0 aliphatic heterocycles. The zero-order valence-electron chi connectivity index (χ0n) is 10.7. The third-order valence-electron chi connectivity index (χ3n) is 2.40. The first-order valence-electron chi connectivity index (χ1n) is 5.90. The van der Waals surface area contributed by atoms with Crippen molar-refractivity contribution in [2.75, 3.05) is 11.9 Å². The zero-order valence-corrected chi connectivity index (χ0v) is 12.3. The van der Waals surface area contributed by atoms with Crippen molar-refractivity contribution in [3.05, 3.63) is 51.2 Å². The minimum atomic E-state index is -0.467. The normalized spacial score (nSPS) is 10.1. The Labute approximate surface area is 124 Å². The molecule has 2 aromatic rings. The smallest absolute Gasteiger partial charge is 0.274 e. The van der Waals surface area contributed by atoms with E-state index in [4.69, 9.17) is 4.74 Å². The Morgan fingerprint density at radius 3 is 2.80 bits per heavy atom. The number of non-ortho nitro benzene ring substituents is 1. The minimum Gasteiger partial charge on any atom is -0.455 e. The van der Waals surface area contributed by atoms with Gasteiger partial charge in [-0.1, -0.05) is 15.9 Å². The van der Waals surface area contributed by atoms with E-state index in [2.05, 4.69) is 26.2 Å². The van der Waals surface area contributed by atoms with Gasteiger partial charge in [0, 0.05) is 23.2 Å². The van der Waals surface area contributed by atoms with Crippen molar-refractivity contribution in [2.24, 2.45) is 0 Å². The van der Waals surface area contributed by atoms with Crippen LogP contribution in [0.2, 0.25) is 0 Å². The number of benzene rings is 1. The summed E-state index contributed by atoms with van der Waals surface area (Å²) in [5.74, 6) is 0.886. The fourth-order valence-corrected chi connectivity index (χ4v) is 2.08. The van der Waals surface area contributed by atoms with Crippen molar-refractivity contribution in [3.63, 3.8) is 0 Å². The number of hydrogen-bond acceptors (Lipinski definition) is 5. The van der Waals surface area contributed by atoms with Crippen molar-refractivity contribution < 1.29 is 9.66 Å². The summed E-state index contributed by atoms with van der Waals surface area (Å²) in [6, 6.07) is 6.22. The van der Waals surface area contributed by atoms with E-state index < -0.39 is 4.92 Å². The van der Waals surface area contributed by atoms with Crippen LogP contribution < -0.4 is 10.1 Å². The SMILES string of the molecule is CCNc1cncc(Oc2cc(Br)cc([N+](=O)[O-])c2)c1. The van der Waals surface area contributed by atoms with Crippen molar-refractivity contribution in [1.29, 1.82) is 0 Å². The van der Waals surface area contributed by atoms with Gasteiger partial charge in [0.25, 0.3) is 5.69 Å². The fraction of sp³-hybridized carbons (Fsp3) is 0.154. The third-order valence-corrected chi connectivity index (χ3v) is 2.85. The number of nitrogens with one attached hydrogen (secondary N) is 1. The lowest BCUT2D eigenvalue weighted by molar-refractivity contribution is -0.385. The number of rotatable bonds is 5. The summed E-state index contributed by atoms with van der Waals surface area (Å²) in [5.41, 5.74) is 0.791. The van der Waals surface area contributed by atoms with Gasteiger partial charge < -0.3 is 10.1 Å². The van der Waals surface area contributed by atoms with Gasteiger partial charge in [-0.2, -0.15) is 0 Å². The first kappa shape index (κ1) is 14.3. The molecule has 0 aliphatic carbocycles. The van der Waals surface area contributed by atoms with E-state index in [0.29, 0.717) is 16.0 Å². The Morgan fingerprint density at radius 1 is 1.30 bits per heavy atom. The second kappa shape index (κ2) is 6.33. The molecule has 0 radical (unpaired) electrons. The van der Waals surface area contributed by atoms with Gasteiger partial charge >= 0.3 is 0 Å². The number of aromatic nitrogens is 1. The van der Waals surface area contributed by atoms with E-state index >= 15 is 0 Å². The highest BCUT2D eigenvalue weighted by Gasteiger charge is 2.10. The molecular formula is C13H12BrN3O3. The van der Waals surface area contributed by atoms with Crippen LogP contribution in [0.5, 0.6) is 11.5 Å². The Bertz CT molecular complexity index is 634. The molecule has 0 saturated heterocycles. The Hall–Kier alpha value is -2.15. The Morgan fingerprint density at radius 2 is 2.10 bits per heavy atom. The summed E-state index contributed by atoms with van der Waals surface area (Å²) in [6.07, 6.45) is 3.23. The molecule has 1 N–H and O–H groups in total. The summed E-state index contributed by atoms with van der Waals surface area (Å²) in [5, 5.41) is 13.9. The number of nitro benzene ring substituents is 1. The van der Waals surface area contributed by atoms with E-state index in [-0.39, 0.29) is 5.69 Å². The molecule has 0 fully saturated rings. The summed E-state index contributed by atoms with van der Waals surface area (Å²) >= 11 is 3.22. The van der Waals surface area contributed by atoms with Gasteiger partial charge in [0.15, 0.2) is 0 Å². The molecule has 104 valence electrons. The number of pyridine rings is 1. The van der Waals surface area contributed by atoms with Crippen LogP contribution in [0.3, 0.4) is 0 Å². The molecular weight excluding hydrogens is 326 g/mol. The standard InChI is InChI=1S/C13H12BrN3O3/c1-2-16-10-5-13(8-15-7-10)20-12-4-9(14)3-11(6-12)17(18)19/h3-8,16H,2H2,1H3. The molecule has 7 heteroatoms. The molecule has 0 aliphatic rings. The lowest BCUT2D eigenvalue weighted by Gasteiger charge is -2.08. The highest BCUT2D eigenvalue weighted by molar-refractivity contribution is 9.10. The topological polar surface area (TPSA) is 77.3 Å². The van der Waals surface area contributed by atoms with Crippen LogP contribution in [0.25, 0.3) is 0 Å². The monoisotopic (exact) mass is 337 g/mol. The van der Waals surface area contributed by atoms with Gasteiger partial charge in [-0.25, -0.2) is 0 Å². The number of ether oxygens (including phenoxy) is 1. The predicted octanol–water partition coefficient (Wildman–Crippen LogP) is 3.98. The molecule has 1 heterocycles. The molecule has 6 nitrogen and oxygen atoms in total. The van der Waals surface area contributed by atoms with Gasteiger partial charge in [-0.3, -0.25) is 15.1 Å². The first-order chi connectivity index (χ1) is 9.58. The first-order valence-corrected chi connectivity index (χ1v) is 6.69. The second-order valence-electron chi connectivity index (χ2n) is 3.94. The lowest BCUT2D eigenvalue weighted by Crippen LogP contribution is -1.97. The van der Waals surface area contributed by atoms with Gasteiger partial charge in [-0.05, 0) is 13.0 Å². The average Bonchev–Trinajstić information content (AvgIpc) is 2.38. The lowest BCUT2D eigenvalue weighted by atomic mass is 10.3. The fourth-order valence-electron chi connectivity index (χ4n) is 1.62. The highest BCUT2D eigenvalue weighted by Crippen LogP contribution is 2.30. The largest absolute Gasteiger partial charge is 0.455 e. The van der Waals surface area contributed by atoms with Crippen molar-refractivity contribution in [2.45, 2.75) is 6.92 Å². The van der Waals surface area contributed by atoms with Crippen molar-refractivity contribution >= 4 is 27.3 Å². The zero-order chi connectivity index (χ0) is 14.5. The maximum atomic E-state index is 10.8. The van der Waals surface area contributed by atoms with E-state index in [1.54, 1.807) is 24.5 Å². The van der Waals surface area contributed by atoms with Crippen LogP contribution in [-0.2, 0) is 0 Å². The maximum Gasteiger partial charge on any atom is 0.274 e. The average molecular weight is 338 g/mol. The summed E-state index contributed by atoms with van der Waals surface area (Å²) in [7, 11) is 0. The minimum absolute atomic E-state index is 0.0369. The maximum absolute atomic E-state index is 10.8. The Balaban J connectivity index is 2.25. The van der Waals surface area contributed by atoms with Crippen LogP contribution in [0.1, 0.15) is 6.92 Å². The summed E-state index contributed by atoms with van der Waals surface area (Å²) in [4.78, 5) is 14.4. The van der Waals surface area contributed by atoms with Gasteiger partial charge in [0.2, 0.25) is 0 Å². The van der Waals surface area contributed by atoms with E-state index in [0.717, 1.165) is 12.2 Å². The molecule has 0 unspecified atom stereocenters. The molecule has 20 heavy (non-hydrogen) atoms. The van der Waals surface area contributed by atoms with Gasteiger partial charge in [-0.15, -0.1) is 0 Å². The number of halogens is 1. The molecule has 0 amide bonds. The van der Waals surface area contributed by atoms with Gasteiger partial charge in [0.1, 0.15) is 11.5 Å². The molecule has 0 spiro atoms. The number of nitrogens with zero attached hydrogens (tertiary/aromatic N) is 2. The predicted molar refractivity (Wildman–Crippen MR) is 79.3 cm³/mol. The number of nitro groups is 1. The molecule has 0 atom stereocenters. The van der Waals surface area contributed by atoms with Crippen molar-refractivity contribution in [3.8, 4) is 11.5 Å². The summed E-state index contributed by atoms with van der Waals surface area (Å²) < 4.78 is 6.18. The number of anilines is 1. The van der Waals surface area contributed by atoms with Gasteiger partial charge in [0.05, 0.1) is 29.1 Å². The number of hydrogen-bond donors (Lipinski definition) is 1. The quantitative estimate of drug-likeness (QED) is 0.659. The van der Waals surface area contributed by atoms with Crippen LogP contribution in [0.4, 0.5) is 11.4 Å². The molecule has 1 aromatic heterocycles. The van der Waals surface area contributed by atoms with Crippen molar-refractivity contribution in [1.82, 2.24) is 4.98 Å². The molecule has 1 aromatic carbocycles. The van der Waals surface area contributed by atoms with E-state index in [9.17, 15) is 10.1 Å².